The summed E-state index contributed by atoms with van der Waals surface area (Å²) in [6.45, 7) is 8.00. The van der Waals surface area contributed by atoms with Gasteiger partial charge in [-0.2, -0.15) is 0 Å². The Morgan fingerprint density at radius 2 is 1.67 bits per heavy atom. The van der Waals surface area contributed by atoms with E-state index in [0.717, 1.165) is 42.1 Å². The zero-order valence-corrected chi connectivity index (χ0v) is 12.7. The third-order valence-corrected chi connectivity index (χ3v) is 5.72. The van der Waals surface area contributed by atoms with Gasteiger partial charge >= 0.3 is 0 Å². The van der Waals surface area contributed by atoms with Crippen molar-refractivity contribution in [3.05, 3.63) is 0 Å². The molecule has 0 bridgehead atoms. The van der Waals surface area contributed by atoms with E-state index in [4.69, 9.17) is 5.73 Å². The van der Waals surface area contributed by atoms with Gasteiger partial charge in [-0.15, -0.1) is 0 Å². The number of fused-ring (bicyclic) bond motifs is 1. The van der Waals surface area contributed by atoms with Crippen molar-refractivity contribution in [2.24, 2.45) is 41.2 Å². The molecule has 0 aromatic rings. The topological polar surface area (TPSA) is 26.0 Å². The Labute approximate surface area is 114 Å². The van der Waals surface area contributed by atoms with Crippen molar-refractivity contribution in [1.82, 2.24) is 0 Å². The SMILES string of the molecule is CCCCCCC(CN)[C@@H](CCC)C1C2C(C)C21. The molecular formula is C17H33N. The molecule has 1 nitrogen and oxygen atoms in total. The highest BCUT2D eigenvalue weighted by molar-refractivity contribution is 5.19. The van der Waals surface area contributed by atoms with Crippen LogP contribution < -0.4 is 5.73 Å². The Morgan fingerprint density at radius 3 is 2.17 bits per heavy atom. The van der Waals surface area contributed by atoms with Crippen LogP contribution in [0.3, 0.4) is 0 Å². The van der Waals surface area contributed by atoms with Crippen LogP contribution in [0.25, 0.3) is 0 Å². The highest BCUT2D eigenvalue weighted by Gasteiger charge is 2.72. The third kappa shape index (κ3) is 2.92. The fraction of sp³-hybridized carbons (Fsp3) is 1.00. The van der Waals surface area contributed by atoms with Crippen molar-refractivity contribution in [3.63, 3.8) is 0 Å². The molecule has 18 heavy (non-hydrogen) atoms. The first-order chi connectivity index (χ1) is 8.76. The van der Waals surface area contributed by atoms with Crippen molar-refractivity contribution in [2.75, 3.05) is 6.54 Å². The molecular weight excluding hydrogens is 218 g/mol. The van der Waals surface area contributed by atoms with Crippen molar-refractivity contribution >= 4 is 0 Å². The lowest BCUT2D eigenvalue weighted by atomic mass is 9.77. The van der Waals surface area contributed by atoms with E-state index < -0.39 is 0 Å². The number of unbranched alkanes of at least 4 members (excludes halogenated alkanes) is 3. The summed E-state index contributed by atoms with van der Waals surface area (Å²) in [5, 5.41) is 0. The molecule has 2 fully saturated rings. The second-order valence-corrected chi connectivity index (χ2v) is 6.89. The van der Waals surface area contributed by atoms with E-state index in [1.165, 1.54) is 44.9 Å². The monoisotopic (exact) mass is 251 g/mol. The average Bonchev–Trinajstić information content (AvgIpc) is 3.26. The van der Waals surface area contributed by atoms with Crippen LogP contribution in [-0.2, 0) is 0 Å². The maximum atomic E-state index is 6.08. The molecule has 0 aliphatic heterocycles. The van der Waals surface area contributed by atoms with E-state index in [9.17, 15) is 0 Å². The minimum Gasteiger partial charge on any atom is -0.330 e. The molecule has 2 aliphatic rings. The molecule has 1 heteroatoms. The summed E-state index contributed by atoms with van der Waals surface area (Å²) in [4.78, 5) is 0. The van der Waals surface area contributed by atoms with Crippen LogP contribution >= 0.6 is 0 Å². The first-order valence-corrected chi connectivity index (χ1v) is 8.46. The van der Waals surface area contributed by atoms with E-state index in [-0.39, 0.29) is 0 Å². The predicted molar refractivity (Wildman–Crippen MR) is 79.3 cm³/mol. The van der Waals surface area contributed by atoms with Gasteiger partial charge in [0.25, 0.3) is 0 Å². The third-order valence-electron chi connectivity index (χ3n) is 5.72. The lowest BCUT2D eigenvalue weighted by Gasteiger charge is -2.29. The minimum atomic E-state index is 0.826. The largest absolute Gasteiger partial charge is 0.330 e. The summed E-state index contributed by atoms with van der Waals surface area (Å²) < 4.78 is 0. The van der Waals surface area contributed by atoms with Gasteiger partial charge < -0.3 is 5.73 Å². The Bertz CT molecular complexity index is 240. The normalized spacial score (nSPS) is 36.0. The molecule has 106 valence electrons. The number of hydrogen-bond donors (Lipinski definition) is 1. The molecule has 0 radical (unpaired) electrons. The zero-order chi connectivity index (χ0) is 13.1. The van der Waals surface area contributed by atoms with Crippen LogP contribution in [0.1, 0.15) is 65.7 Å². The van der Waals surface area contributed by atoms with Crippen LogP contribution in [0.5, 0.6) is 0 Å². The van der Waals surface area contributed by atoms with Crippen LogP contribution in [0.2, 0.25) is 0 Å². The summed E-state index contributed by atoms with van der Waals surface area (Å²) in [6.07, 6.45) is 9.75. The van der Waals surface area contributed by atoms with Crippen LogP contribution in [0.4, 0.5) is 0 Å². The first-order valence-electron chi connectivity index (χ1n) is 8.46. The van der Waals surface area contributed by atoms with Gasteiger partial charge in [0.15, 0.2) is 0 Å². The van der Waals surface area contributed by atoms with E-state index in [2.05, 4.69) is 20.8 Å². The second-order valence-electron chi connectivity index (χ2n) is 6.89. The molecule has 0 saturated heterocycles. The van der Waals surface area contributed by atoms with E-state index in [1.54, 1.807) is 0 Å². The molecule has 2 N–H and O–H groups in total. The van der Waals surface area contributed by atoms with Crippen LogP contribution in [0.15, 0.2) is 0 Å². The van der Waals surface area contributed by atoms with Crippen molar-refractivity contribution in [1.29, 1.82) is 0 Å². The second kappa shape index (κ2) is 6.41. The molecule has 0 heterocycles. The average molecular weight is 251 g/mol. The number of hydrogen-bond acceptors (Lipinski definition) is 1. The predicted octanol–water partition coefficient (Wildman–Crippen LogP) is 4.46. The maximum absolute atomic E-state index is 6.08. The molecule has 2 aliphatic carbocycles. The van der Waals surface area contributed by atoms with Gasteiger partial charge in [0.1, 0.15) is 0 Å². The molecule has 3 unspecified atom stereocenters. The summed E-state index contributed by atoms with van der Waals surface area (Å²) >= 11 is 0. The Morgan fingerprint density at radius 1 is 0.944 bits per heavy atom. The standard InChI is InChI=1S/C17H33N/c1-4-6-7-8-10-13(11-18)14(9-5-2)17-15-12(3)16(15)17/h12-17H,4-11,18H2,1-3H3/t12?,13?,14-,15?,16?,17?/m1/s1. The summed E-state index contributed by atoms with van der Waals surface area (Å²) in [6, 6.07) is 0. The summed E-state index contributed by atoms with van der Waals surface area (Å²) in [5.41, 5.74) is 6.08. The van der Waals surface area contributed by atoms with E-state index >= 15 is 0 Å². The highest BCUT2D eigenvalue weighted by atomic mass is 14.8. The van der Waals surface area contributed by atoms with Crippen molar-refractivity contribution in [3.8, 4) is 0 Å². The van der Waals surface area contributed by atoms with Gasteiger partial charge in [-0.3, -0.25) is 0 Å². The molecule has 4 atom stereocenters. The van der Waals surface area contributed by atoms with Gasteiger partial charge in [0.2, 0.25) is 0 Å². The van der Waals surface area contributed by atoms with Gasteiger partial charge in [-0.1, -0.05) is 59.3 Å². The molecule has 2 rings (SSSR count). The molecule has 0 amide bonds. The van der Waals surface area contributed by atoms with Gasteiger partial charge in [-0.05, 0) is 48.5 Å². The summed E-state index contributed by atoms with van der Waals surface area (Å²) in [7, 11) is 0. The molecule has 0 spiro atoms. The van der Waals surface area contributed by atoms with E-state index in [0.29, 0.717) is 0 Å². The van der Waals surface area contributed by atoms with Gasteiger partial charge in [0.05, 0.1) is 0 Å². The quantitative estimate of drug-likeness (QED) is 0.570. The Kier molecular flexibility index (Phi) is 5.12. The molecule has 0 aromatic carbocycles. The fourth-order valence-corrected chi connectivity index (χ4v) is 4.45. The molecule has 0 aromatic heterocycles. The fourth-order valence-electron chi connectivity index (χ4n) is 4.45. The van der Waals surface area contributed by atoms with Crippen molar-refractivity contribution < 1.29 is 0 Å². The lowest BCUT2D eigenvalue weighted by Crippen LogP contribution is -2.28. The number of nitrogens with two attached hydrogens (primary N) is 1. The first kappa shape index (κ1) is 14.4. The number of rotatable bonds is 10. The maximum Gasteiger partial charge on any atom is -0.00461 e. The smallest absolute Gasteiger partial charge is 0.00461 e. The van der Waals surface area contributed by atoms with Gasteiger partial charge in [-0.25, -0.2) is 0 Å². The zero-order valence-electron chi connectivity index (χ0n) is 12.7. The van der Waals surface area contributed by atoms with E-state index in [1.807, 2.05) is 0 Å². The van der Waals surface area contributed by atoms with Crippen molar-refractivity contribution in [2.45, 2.75) is 65.7 Å². The summed E-state index contributed by atoms with van der Waals surface area (Å²) in [5.74, 6) is 6.17. The van der Waals surface area contributed by atoms with Crippen LogP contribution in [-0.4, -0.2) is 6.54 Å². The minimum absolute atomic E-state index is 0.826. The molecule has 2 saturated carbocycles. The lowest BCUT2D eigenvalue weighted by molar-refractivity contribution is 0.211. The van der Waals surface area contributed by atoms with Gasteiger partial charge in [0, 0.05) is 0 Å². The highest BCUT2D eigenvalue weighted by Crippen LogP contribution is 2.76. The Hall–Kier alpha value is -0.0400. The Balaban J connectivity index is 1.75. The van der Waals surface area contributed by atoms with Crippen LogP contribution in [0, 0.1) is 35.5 Å².